The van der Waals surface area contributed by atoms with E-state index in [2.05, 4.69) is 4.98 Å². The SMILES string of the molecule is NC(c1ccccc1)(c1ccccc1)c1ccc2cnccc2n1. The van der Waals surface area contributed by atoms with E-state index in [9.17, 15) is 0 Å². The average Bonchev–Trinajstić information content (AvgIpc) is 2.68. The van der Waals surface area contributed by atoms with Gasteiger partial charge in [-0.1, -0.05) is 60.7 Å². The molecule has 0 fully saturated rings. The lowest BCUT2D eigenvalue weighted by Crippen LogP contribution is -2.40. The first-order valence-electron chi connectivity index (χ1n) is 7.90. The van der Waals surface area contributed by atoms with Gasteiger partial charge >= 0.3 is 0 Å². The Labute approximate surface area is 140 Å². The Hall–Kier alpha value is -3.04. The lowest BCUT2D eigenvalue weighted by Gasteiger charge is -2.30. The number of nitrogens with zero attached hydrogens (tertiary/aromatic N) is 2. The third-order valence-electron chi connectivity index (χ3n) is 4.35. The lowest BCUT2D eigenvalue weighted by molar-refractivity contribution is 0.632. The molecular formula is C21H17N3. The summed E-state index contributed by atoms with van der Waals surface area (Å²) in [5.74, 6) is 0. The van der Waals surface area contributed by atoms with Crippen LogP contribution in [0, 0.1) is 0 Å². The van der Waals surface area contributed by atoms with Gasteiger partial charge in [-0.05, 0) is 29.3 Å². The zero-order chi connectivity index (χ0) is 16.4. The van der Waals surface area contributed by atoms with E-state index in [1.807, 2.05) is 85.1 Å². The van der Waals surface area contributed by atoms with Crippen molar-refractivity contribution in [1.82, 2.24) is 9.97 Å². The molecule has 4 aromatic rings. The van der Waals surface area contributed by atoms with Gasteiger partial charge in [-0.25, -0.2) is 0 Å². The van der Waals surface area contributed by atoms with Crippen LogP contribution in [0.3, 0.4) is 0 Å². The maximum Gasteiger partial charge on any atom is 0.110 e. The highest BCUT2D eigenvalue weighted by molar-refractivity contribution is 5.77. The van der Waals surface area contributed by atoms with Crippen molar-refractivity contribution in [1.29, 1.82) is 0 Å². The second kappa shape index (κ2) is 5.87. The molecule has 0 aliphatic carbocycles. The van der Waals surface area contributed by atoms with Crippen molar-refractivity contribution < 1.29 is 0 Å². The van der Waals surface area contributed by atoms with Crippen molar-refractivity contribution >= 4 is 10.9 Å². The topological polar surface area (TPSA) is 51.8 Å². The summed E-state index contributed by atoms with van der Waals surface area (Å²) in [4.78, 5) is 8.98. The van der Waals surface area contributed by atoms with Crippen molar-refractivity contribution in [3.63, 3.8) is 0 Å². The Kier molecular flexibility index (Phi) is 3.56. The number of fused-ring (bicyclic) bond motifs is 1. The lowest BCUT2D eigenvalue weighted by atomic mass is 9.80. The second-order valence-corrected chi connectivity index (χ2v) is 5.80. The molecule has 2 aromatic heterocycles. The molecule has 0 amide bonds. The number of benzene rings is 2. The van der Waals surface area contributed by atoms with E-state index in [-0.39, 0.29) is 0 Å². The molecule has 0 unspecified atom stereocenters. The maximum atomic E-state index is 6.97. The standard InChI is InChI=1S/C21H17N3/c22-21(17-7-3-1-4-8-17,18-9-5-2-6-10-18)20-12-11-16-15-23-14-13-19(16)24-20/h1-15H,22H2. The van der Waals surface area contributed by atoms with Crippen LogP contribution in [0.5, 0.6) is 0 Å². The summed E-state index contributed by atoms with van der Waals surface area (Å²) in [5.41, 5.74) is 9.90. The molecular weight excluding hydrogens is 294 g/mol. The molecule has 24 heavy (non-hydrogen) atoms. The number of rotatable bonds is 3. The van der Waals surface area contributed by atoms with Crippen molar-refractivity contribution in [3.8, 4) is 0 Å². The molecule has 0 bridgehead atoms. The summed E-state index contributed by atoms with van der Waals surface area (Å²) in [6.07, 6.45) is 3.57. The summed E-state index contributed by atoms with van der Waals surface area (Å²) in [6, 6.07) is 26.1. The number of nitrogens with two attached hydrogens (primary N) is 1. The van der Waals surface area contributed by atoms with Crippen LogP contribution in [0.1, 0.15) is 16.8 Å². The zero-order valence-corrected chi connectivity index (χ0v) is 13.1. The molecule has 4 rings (SSSR count). The van der Waals surface area contributed by atoms with Crippen LogP contribution < -0.4 is 5.73 Å². The maximum absolute atomic E-state index is 6.97. The third kappa shape index (κ3) is 2.36. The fourth-order valence-electron chi connectivity index (χ4n) is 3.05. The van der Waals surface area contributed by atoms with Crippen LogP contribution in [0.4, 0.5) is 0 Å². The minimum Gasteiger partial charge on any atom is -0.313 e. The summed E-state index contributed by atoms with van der Waals surface area (Å²) >= 11 is 0. The molecule has 0 atom stereocenters. The molecule has 3 heteroatoms. The monoisotopic (exact) mass is 311 g/mol. The van der Waals surface area contributed by atoms with Gasteiger partial charge in [-0.15, -0.1) is 0 Å². The zero-order valence-electron chi connectivity index (χ0n) is 13.1. The molecule has 2 aromatic carbocycles. The first-order chi connectivity index (χ1) is 11.8. The van der Waals surface area contributed by atoms with Crippen molar-refractivity contribution in [2.75, 3.05) is 0 Å². The van der Waals surface area contributed by atoms with Crippen molar-refractivity contribution in [2.24, 2.45) is 5.73 Å². The van der Waals surface area contributed by atoms with Gasteiger partial charge in [0.15, 0.2) is 0 Å². The number of hydrogen-bond donors (Lipinski definition) is 1. The molecule has 0 aliphatic rings. The molecule has 0 radical (unpaired) electrons. The van der Waals surface area contributed by atoms with E-state index in [4.69, 9.17) is 10.7 Å². The van der Waals surface area contributed by atoms with Gasteiger partial charge in [0, 0.05) is 17.8 Å². The molecule has 0 spiro atoms. The normalized spacial score (nSPS) is 11.5. The van der Waals surface area contributed by atoms with E-state index in [0.717, 1.165) is 27.7 Å². The van der Waals surface area contributed by atoms with Gasteiger partial charge < -0.3 is 5.73 Å². The minimum absolute atomic E-state index is 0.806. The van der Waals surface area contributed by atoms with E-state index < -0.39 is 5.54 Å². The molecule has 116 valence electrons. The summed E-state index contributed by atoms with van der Waals surface area (Å²) in [6.45, 7) is 0. The van der Waals surface area contributed by atoms with E-state index in [1.54, 1.807) is 6.20 Å². The predicted octanol–water partition coefficient (Wildman–Crippen LogP) is 3.88. The largest absolute Gasteiger partial charge is 0.313 e. The Morgan fingerprint density at radius 2 is 1.33 bits per heavy atom. The first-order valence-corrected chi connectivity index (χ1v) is 7.90. The summed E-state index contributed by atoms with van der Waals surface area (Å²) < 4.78 is 0. The smallest absolute Gasteiger partial charge is 0.110 e. The quantitative estimate of drug-likeness (QED) is 0.624. The predicted molar refractivity (Wildman–Crippen MR) is 96.5 cm³/mol. The van der Waals surface area contributed by atoms with Gasteiger partial charge in [-0.3, -0.25) is 9.97 Å². The molecule has 0 aliphatic heterocycles. The molecule has 2 heterocycles. The highest BCUT2D eigenvalue weighted by Crippen LogP contribution is 2.33. The summed E-state index contributed by atoms with van der Waals surface area (Å²) in [7, 11) is 0. The Morgan fingerprint density at radius 3 is 1.96 bits per heavy atom. The van der Waals surface area contributed by atoms with Crippen LogP contribution in [0.25, 0.3) is 10.9 Å². The fraction of sp³-hybridized carbons (Fsp3) is 0.0476. The van der Waals surface area contributed by atoms with E-state index >= 15 is 0 Å². The second-order valence-electron chi connectivity index (χ2n) is 5.80. The van der Waals surface area contributed by atoms with Gasteiger partial charge in [0.2, 0.25) is 0 Å². The van der Waals surface area contributed by atoms with Gasteiger partial charge in [0.25, 0.3) is 0 Å². The van der Waals surface area contributed by atoms with Gasteiger partial charge in [0.1, 0.15) is 5.54 Å². The highest BCUT2D eigenvalue weighted by atomic mass is 14.9. The van der Waals surface area contributed by atoms with Crippen LogP contribution >= 0.6 is 0 Å². The Balaban J connectivity index is 1.98. The van der Waals surface area contributed by atoms with Gasteiger partial charge in [-0.2, -0.15) is 0 Å². The van der Waals surface area contributed by atoms with Gasteiger partial charge in [0.05, 0.1) is 11.2 Å². The fourth-order valence-corrected chi connectivity index (χ4v) is 3.05. The minimum atomic E-state index is -0.806. The molecule has 3 nitrogen and oxygen atoms in total. The van der Waals surface area contributed by atoms with E-state index in [1.165, 1.54) is 0 Å². The molecule has 2 N–H and O–H groups in total. The molecule has 0 saturated carbocycles. The number of pyridine rings is 2. The number of aromatic nitrogens is 2. The first kappa shape index (κ1) is 14.5. The molecule has 0 saturated heterocycles. The Morgan fingerprint density at radius 1 is 0.708 bits per heavy atom. The van der Waals surface area contributed by atoms with Crippen LogP contribution in [-0.4, -0.2) is 9.97 Å². The highest BCUT2D eigenvalue weighted by Gasteiger charge is 2.33. The number of hydrogen-bond acceptors (Lipinski definition) is 3. The van der Waals surface area contributed by atoms with E-state index in [0.29, 0.717) is 0 Å². The summed E-state index contributed by atoms with van der Waals surface area (Å²) in [5, 5.41) is 1.00. The Bertz CT molecular complexity index is 926. The van der Waals surface area contributed by atoms with Crippen molar-refractivity contribution in [3.05, 3.63) is 108 Å². The van der Waals surface area contributed by atoms with Crippen LogP contribution in [0.15, 0.2) is 91.3 Å². The van der Waals surface area contributed by atoms with Crippen LogP contribution in [-0.2, 0) is 5.54 Å². The van der Waals surface area contributed by atoms with Crippen LogP contribution in [0.2, 0.25) is 0 Å². The third-order valence-corrected chi connectivity index (χ3v) is 4.35. The van der Waals surface area contributed by atoms with Crippen molar-refractivity contribution in [2.45, 2.75) is 5.54 Å². The average molecular weight is 311 g/mol.